The van der Waals surface area contributed by atoms with E-state index in [1.54, 1.807) is 17.5 Å². The number of halogens is 2. The minimum atomic E-state index is -0.955. The lowest BCUT2D eigenvalue weighted by molar-refractivity contribution is 0.0959. The quantitative estimate of drug-likeness (QED) is 0.673. The van der Waals surface area contributed by atoms with Gasteiger partial charge in [-0.1, -0.05) is 12.1 Å². The fourth-order valence-electron chi connectivity index (χ4n) is 1.22. The van der Waals surface area contributed by atoms with Gasteiger partial charge >= 0.3 is 0 Å². The third-order valence-corrected chi connectivity index (χ3v) is 2.94. The van der Waals surface area contributed by atoms with E-state index >= 15 is 0 Å². The molecule has 0 aliphatic heterocycles. The largest absolute Gasteiger partial charge is 0.281 e. The van der Waals surface area contributed by atoms with Crippen LogP contribution < -0.4 is 5.43 Å². The summed E-state index contributed by atoms with van der Waals surface area (Å²) in [7, 11) is 0. The molecule has 0 saturated carbocycles. The van der Waals surface area contributed by atoms with E-state index in [0.29, 0.717) is 10.4 Å². The molecule has 0 radical (unpaired) electrons. The second kappa shape index (κ2) is 5.50. The van der Waals surface area contributed by atoms with Crippen molar-refractivity contribution in [1.82, 2.24) is 5.43 Å². The average Bonchev–Trinajstić information content (AvgIpc) is 2.87. The van der Waals surface area contributed by atoms with Crippen LogP contribution >= 0.6 is 11.3 Å². The van der Waals surface area contributed by atoms with E-state index in [2.05, 4.69) is 10.5 Å². The molecule has 2 aromatic rings. The van der Waals surface area contributed by atoms with E-state index in [-0.39, 0.29) is 5.91 Å². The Morgan fingerprint density at radius 2 is 2.11 bits per heavy atom. The number of benzene rings is 1. The Labute approximate surface area is 106 Å². The van der Waals surface area contributed by atoms with Gasteiger partial charge in [-0.25, -0.2) is 14.2 Å². The van der Waals surface area contributed by atoms with Gasteiger partial charge in [-0.2, -0.15) is 5.10 Å². The number of hydrogen-bond donors (Lipinski definition) is 1. The van der Waals surface area contributed by atoms with E-state index in [1.807, 2.05) is 0 Å². The number of nitrogens with one attached hydrogen (secondary N) is 1. The second-order valence-electron chi connectivity index (χ2n) is 3.35. The van der Waals surface area contributed by atoms with Gasteiger partial charge in [0.25, 0.3) is 5.91 Å². The maximum Gasteiger partial charge on any atom is 0.281 e. The summed E-state index contributed by atoms with van der Waals surface area (Å²) in [5, 5.41) is 5.43. The zero-order chi connectivity index (χ0) is 13.0. The number of hydrogen-bond acceptors (Lipinski definition) is 3. The number of hydrazone groups is 1. The van der Waals surface area contributed by atoms with Crippen molar-refractivity contribution in [3.63, 3.8) is 0 Å². The number of nitrogens with zero attached hydrogens (tertiary/aromatic N) is 1. The highest BCUT2D eigenvalue weighted by Gasteiger charge is 2.04. The highest BCUT2D eigenvalue weighted by Crippen LogP contribution is 2.08. The Hall–Kier alpha value is -2.08. The lowest BCUT2D eigenvalue weighted by Crippen LogP contribution is -2.16. The van der Waals surface area contributed by atoms with Crippen LogP contribution in [0.1, 0.15) is 15.2 Å². The van der Waals surface area contributed by atoms with Crippen molar-refractivity contribution < 1.29 is 13.6 Å². The van der Waals surface area contributed by atoms with E-state index in [4.69, 9.17) is 0 Å². The minimum absolute atomic E-state index is 0.344. The van der Waals surface area contributed by atoms with Crippen LogP contribution in [-0.4, -0.2) is 12.1 Å². The Bertz CT molecular complexity index is 582. The first-order valence-corrected chi connectivity index (χ1v) is 5.87. The molecule has 2 rings (SSSR count). The number of thiophene rings is 1. The summed E-state index contributed by atoms with van der Waals surface area (Å²) >= 11 is 1.29. The summed E-state index contributed by atoms with van der Waals surface area (Å²) in [5.74, 6) is -2.22. The maximum atomic E-state index is 12.9. The zero-order valence-corrected chi connectivity index (χ0v) is 9.88. The molecule has 1 amide bonds. The standard InChI is InChI=1S/C12H8F2N2OS/c13-9-4-3-8(6-10(9)14)7-15-16-12(17)11-2-1-5-18-11/h1-7H,(H,16,17)/b15-7-. The molecule has 0 aliphatic carbocycles. The van der Waals surface area contributed by atoms with Crippen LogP contribution in [0.25, 0.3) is 0 Å². The van der Waals surface area contributed by atoms with E-state index in [1.165, 1.54) is 23.6 Å². The molecule has 0 saturated heterocycles. The highest BCUT2D eigenvalue weighted by molar-refractivity contribution is 7.12. The van der Waals surface area contributed by atoms with E-state index in [9.17, 15) is 13.6 Å². The second-order valence-corrected chi connectivity index (χ2v) is 4.30. The summed E-state index contributed by atoms with van der Waals surface area (Å²) in [6.07, 6.45) is 1.24. The summed E-state index contributed by atoms with van der Waals surface area (Å²) in [4.78, 5) is 12.0. The van der Waals surface area contributed by atoms with Gasteiger partial charge in [0.05, 0.1) is 11.1 Å². The molecule has 0 aliphatic rings. The van der Waals surface area contributed by atoms with Crippen LogP contribution in [-0.2, 0) is 0 Å². The molecule has 1 heterocycles. The molecule has 0 atom stereocenters. The molecule has 92 valence electrons. The van der Waals surface area contributed by atoms with Gasteiger partial charge < -0.3 is 0 Å². The number of carbonyl (C=O) groups is 1. The van der Waals surface area contributed by atoms with Crippen LogP contribution in [0.15, 0.2) is 40.8 Å². The van der Waals surface area contributed by atoms with Crippen LogP contribution in [0, 0.1) is 11.6 Å². The Kier molecular flexibility index (Phi) is 3.78. The van der Waals surface area contributed by atoms with Crippen molar-refractivity contribution in [2.45, 2.75) is 0 Å². The maximum absolute atomic E-state index is 12.9. The Morgan fingerprint density at radius 1 is 1.28 bits per heavy atom. The fraction of sp³-hybridized carbons (Fsp3) is 0. The molecular formula is C12H8F2N2OS. The predicted molar refractivity (Wildman–Crippen MR) is 65.7 cm³/mol. The molecule has 1 aromatic carbocycles. The summed E-state index contributed by atoms with van der Waals surface area (Å²) in [5.41, 5.74) is 2.65. The van der Waals surface area contributed by atoms with Gasteiger partial charge in [-0.3, -0.25) is 4.79 Å². The van der Waals surface area contributed by atoms with Crippen molar-refractivity contribution in [3.05, 3.63) is 57.8 Å². The van der Waals surface area contributed by atoms with Gasteiger partial charge in [0.2, 0.25) is 0 Å². The summed E-state index contributed by atoms with van der Waals surface area (Å²) in [6, 6.07) is 6.76. The van der Waals surface area contributed by atoms with Crippen LogP contribution in [0.2, 0.25) is 0 Å². The predicted octanol–water partition coefficient (Wildman–Crippen LogP) is 2.79. The van der Waals surface area contributed by atoms with Crippen molar-refractivity contribution in [2.24, 2.45) is 5.10 Å². The number of amides is 1. The molecule has 0 fully saturated rings. The van der Waals surface area contributed by atoms with E-state index < -0.39 is 11.6 Å². The summed E-state index contributed by atoms with van der Waals surface area (Å²) < 4.78 is 25.5. The van der Waals surface area contributed by atoms with Crippen molar-refractivity contribution in [2.75, 3.05) is 0 Å². The molecule has 0 spiro atoms. The average molecular weight is 266 g/mol. The van der Waals surface area contributed by atoms with Crippen molar-refractivity contribution in [3.8, 4) is 0 Å². The monoisotopic (exact) mass is 266 g/mol. The van der Waals surface area contributed by atoms with Gasteiger partial charge in [0.15, 0.2) is 11.6 Å². The van der Waals surface area contributed by atoms with Gasteiger partial charge in [0, 0.05) is 0 Å². The minimum Gasteiger partial charge on any atom is -0.266 e. The normalized spacial score (nSPS) is 10.8. The fourth-order valence-corrected chi connectivity index (χ4v) is 1.83. The van der Waals surface area contributed by atoms with Gasteiger partial charge in [-0.05, 0) is 29.1 Å². The smallest absolute Gasteiger partial charge is 0.266 e. The van der Waals surface area contributed by atoms with Gasteiger partial charge in [0.1, 0.15) is 0 Å². The Balaban J connectivity index is 1.99. The number of carbonyl (C=O) groups excluding carboxylic acids is 1. The third kappa shape index (κ3) is 2.98. The molecule has 1 N–H and O–H groups in total. The van der Waals surface area contributed by atoms with Crippen LogP contribution in [0.3, 0.4) is 0 Å². The molecule has 1 aromatic heterocycles. The molecule has 18 heavy (non-hydrogen) atoms. The van der Waals surface area contributed by atoms with Crippen LogP contribution in [0.5, 0.6) is 0 Å². The van der Waals surface area contributed by atoms with Crippen molar-refractivity contribution in [1.29, 1.82) is 0 Å². The SMILES string of the molecule is O=C(N/N=C\c1ccc(F)c(F)c1)c1cccs1. The Morgan fingerprint density at radius 3 is 2.78 bits per heavy atom. The molecule has 6 heteroatoms. The first-order chi connectivity index (χ1) is 8.66. The molecule has 0 bridgehead atoms. The number of rotatable bonds is 3. The molecular weight excluding hydrogens is 258 g/mol. The van der Waals surface area contributed by atoms with Crippen molar-refractivity contribution >= 4 is 23.5 Å². The zero-order valence-electron chi connectivity index (χ0n) is 9.06. The molecule has 3 nitrogen and oxygen atoms in total. The molecule has 0 unspecified atom stereocenters. The lowest BCUT2D eigenvalue weighted by atomic mass is 10.2. The first-order valence-electron chi connectivity index (χ1n) is 4.99. The highest BCUT2D eigenvalue weighted by atomic mass is 32.1. The van der Waals surface area contributed by atoms with Gasteiger partial charge in [-0.15, -0.1) is 11.3 Å². The van der Waals surface area contributed by atoms with Crippen LogP contribution in [0.4, 0.5) is 8.78 Å². The van der Waals surface area contributed by atoms with E-state index in [0.717, 1.165) is 12.1 Å². The lowest BCUT2D eigenvalue weighted by Gasteiger charge is -1.97. The third-order valence-electron chi connectivity index (χ3n) is 2.07. The first kappa shape index (κ1) is 12.4. The topological polar surface area (TPSA) is 41.5 Å². The summed E-state index contributed by atoms with van der Waals surface area (Å²) in [6.45, 7) is 0.